The van der Waals surface area contributed by atoms with Crippen molar-refractivity contribution in [1.29, 1.82) is 5.26 Å². The molecule has 1 aromatic carbocycles. The van der Waals surface area contributed by atoms with Gasteiger partial charge in [0.2, 0.25) is 5.91 Å². The molecule has 2 rings (SSSR count). The van der Waals surface area contributed by atoms with E-state index in [-0.39, 0.29) is 17.9 Å². The van der Waals surface area contributed by atoms with Crippen LogP contribution in [0.25, 0.3) is 0 Å². The van der Waals surface area contributed by atoms with Crippen LogP contribution in [0.15, 0.2) is 18.2 Å². The molecule has 0 saturated carbocycles. The van der Waals surface area contributed by atoms with Crippen LogP contribution in [0, 0.1) is 22.7 Å². The Morgan fingerprint density at radius 2 is 2.05 bits per heavy atom. The maximum absolute atomic E-state index is 12.7. The molecule has 0 spiro atoms. The summed E-state index contributed by atoms with van der Waals surface area (Å²) < 4.78 is 0. The van der Waals surface area contributed by atoms with Gasteiger partial charge in [0.1, 0.15) is 6.07 Å². The summed E-state index contributed by atoms with van der Waals surface area (Å²) in [5.41, 5.74) is 0.148. The first-order chi connectivity index (χ1) is 9.71. The molecule has 0 unspecified atom stereocenters. The second-order valence-corrected chi connectivity index (χ2v) is 6.76. The first kappa shape index (κ1) is 15.8. The van der Waals surface area contributed by atoms with Crippen LogP contribution in [-0.2, 0) is 4.79 Å². The van der Waals surface area contributed by atoms with E-state index >= 15 is 0 Å². The van der Waals surface area contributed by atoms with E-state index in [2.05, 4.69) is 0 Å². The van der Waals surface area contributed by atoms with Crippen molar-refractivity contribution in [1.82, 2.24) is 0 Å². The molecular weight excluding hydrogens is 288 g/mol. The van der Waals surface area contributed by atoms with Crippen LogP contribution in [0.1, 0.15) is 33.3 Å². The third-order valence-electron chi connectivity index (χ3n) is 4.17. The minimum absolute atomic E-state index is 0.0974. The van der Waals surface area contributed by atoms with Gasteiger partial charge in [0.05, 0.1) is 28.1 Å². The van der Waals surface area contributed by atoms with Crippen molar-refractivity contribution >= 4 is 23.2 Å². The van der Waals surface area contributed by atoms with Crippen molar-refractivity contribution in [3.63, 3.8) is 0 Å². The van der Waals surface area contributed by atoms with Gasteiger partial charge < -0.3 is 10.0 Å². The molecule has 4 nitrogen and oxygen atoms in total. The van der Waals surface area contributed by atoms with Gasteiger partial charge in [0.15, 0.2) is 0 Å². The van der Waals surface area contributed by atoms with E-state index in [9.17, 15) is 9.90 Å². The molecule has 5 heteroatoms. The standard InChI is InChI=1S/C16H19ClN2O2/c1-9(2)13-14(20)16(3,4)15(21)19(13)11-6-5-10(8-18)12(17)7-11/h5-7,9,13-14,20H,1-4H3/t13-,14+/m0/s1. The predicted octanol–water partition coefficient (Wildman–Crippen LogP) is 2.97. The topological polar surface area (TPSA) is 64.3 Å². The average Bonchev–Trinajstić information content (AvgIpc) is 2.59. The Balaban J connectivity index is 2.53. The lowest BCUT2D eigenvalue weighted by Crippen LogP contribution is -2.41. The van der Waals surface area contributed by atoms with Crippen molar-refractivity contribution in [3.8, 4) is 6.07 Å². The smallest absolute Gasteiger partial charge is 0.235 e. The Hall–Kier alpha value is -1.57. The monoisotopic (exact) mass is 306 g/mol. The number of hydrogen-bond donors (Lipinski definition) is 1. The number of nitriles is 1. The molecule has 0 aliphatic carbocycles. The van der Waals surface area contributed by atoms with Gasteiger partial charge in [-0.05, 0) is 38.0 Å². The number of benzene rings is 1. The van der Waals surface area contributed by atoms with Gasteiger partial charge in [-0.3, -0.25) is 4.79 Å². The molecule has 1 saturated heterocycles. The van der Waals surface area contributed by atoms with Crippen molar-refractivity contribution in [2.75, 3.05) is 4.90 Å². The number of rotatable bonds is 2. The van der Waals surface area contributed by atoms with E-state index < -0.39 is 11.5 Å². The Morgan fingerprint density at radius 1 is 1.43 bits per heavy atom. The van der Waals surface area contributed by atoms with Crippen LogP contribution in [0.4, 0.5) is 5.69 Å². The molecule has 1 fully saturated rings. The molecule has 2 atom stereocenters. The lowest BCUT2D eigenvalue weighted by molar-refractivity contribution is -0.126. The molecule has 21 heavy (non-hydrogen) atoms. The summed E-state index contributed by atoms with van der Waals surface area (Å²) in [6.45, 7) is 7.45. The third kappa shape index (κ3) is 2.41. The van der Waals surface area contributed by atoms with Gasteiger partial charge >= 0.3 is 0 Å². The van der Waals surface area contributed by atoms with Crippen LogP contribution in [0.5, 0.6) is 0 Å². The number of hydrogen-bond acceptors (Lipinski definition) is 3. The summed E-state index contributed by atoms with van der Waals surface area (Å²) in [6, 6.07) is 6.60. The highest BCUT2D eigenvalue weighted by Gasteiger charge is 2.54. The number of carbonyl (C=O) groups excluding carboxylic acids is 1. The summed E-state index contributed by atoms with van der Waals surface area (Å²) >= 11 is 6.07. The molecule has 0 aromatic heterocycles. The van der Waals surface area contributed by atoms with Crippen LogP contribution >= 0.6 is 11.6 Å². The highest BCUT2D eigenvalue weighted by atomic mass is 35.5. The lowest BCUT2D eigenvalue weighted by atomic mass is 9.84. The quantitative estimate of drug-likeness (QED) is 0.913. The molecule has 1 aromatic rings. The fourth-order valence-corrected chi connectivity index (χ4v) is 3.05. The molecule has 1 aliphatic rings. The summed E-state index contributed by atoms with van der Waals surface area (Å²) in [7, 11) is 0. The van der Waals surface area contributed by atoms with Crippen molar-refractivity contribution in [2.24, 2.45) is 11.3 Å². The Morgan fingerprint density at radius 3 is 2.52 bits per heavy atom. The Labute approximate surface area is 129 Å². The minimum atomic E-state index is -0.838. The van der Waals surface area contributed by atoms with Crippen LogP contribution in [0.2, 0.25) is 5.02 Å². The number of aliphatic hydroxyl groups excluding tert-OH is 1. The van der Waals surface area contributed by atoms with Crippen molar-refractivity contribution < 1.29 is 9.90 Å². The van der Waals surface area contributed by atoms with Crippen molar-refractivity contribution in [3.05, 3.63) is 28.8 Å². The summed E-state index contributed by atoms with van der Waals surface area (Å²) in [5.74, 6) is -0.0328. The van der Waals surface area contributed by atoms with E-state index in [1.165, 1.54) is 0 Å². The number of anilines is 1. The summed E-state index contributed by atoms with van der Waals surface area (Å²) in [6.07, 6.45) is -0.751. The predicted molar refractivity (Wildman–Crippen MR) is 82.1 cm³/mol. The molecule has 1 N–H and O–H groups in total. The Kier molecular flexibility index (Phi) is 4.01. The highest BCUT2D eigenvalue weighted by molar-refractivity contribution is 6.32. The number of nitrogens with zero attached hydrogens (tertiary/aromatic N) is 2. The van der Waals surface area contributed by atoms with Crippen LogP contribution < -0.4 is 4.90 Å². The second kappa shape index (κ2) is 5.32. The van der Waals surface area contributed by atoms with Gasteiger partial charge in [-0.1, -0.05) is 25.4 Å². The van der Waals surface area contributed by atoms with Gasteiger partial charge in [-0.15, -0.1) is 0 Å². The van der Waals surface area contributed by atoms with E-state index in [1.54, 1.807) is 36.9 Å². The highest BCUT2D eigenvalue weighted by Crippen LogP contribution is 2.42. The van der Waals surface area contributed by atoms with Crippen LogP contribution in [-0.4, -0.2) is 23.2 Å². The van der Waals surface area contributed by atoms with E-state index in [0.29, 0.717) is 16.3 Å². The molecule has 0 radical (unpaired) electrons. The zero-order valence-electron chi connectivity index (χ0n) is 12.6. The van der Waals surface area contributed by atoms with E-state index in [4.69, 9.17) is 16.9 Å². The fraction of sp³-hybridized carbons (Fsp3) is 0.500. The van der Waals surface area contributed by atoms with E-state index in [1.807, 2.05) is 19.9 Å². The Bertz CT molecular complexity index is 619. The van der Waals surface area contributed by atoms with Gasteiger partial charge in [0, 0.05) is 5.69 Å². The molecule has 0 bridgehead atoms. The molecule has 1 heterocycles. The largest absolute Gasteiger partial charge is 0.390 e. The van der Waals surface area contributed by atoms with E-state index in [0.717, 1.165) is 0 Å². The number of carbonyl (C=O) groups is 1. The number of halogens is 1. The first-order valence-electron chi connectivity index (χ1n) is 6.93. The second-order valence-electron chi connectivity index (χ2n) is 6.35. The summed E-state index contributed by atoms with van der Waals surface area (Å²) in [5, 5.41) is 19.8. The SMILES string of the molecule is CC(C)[C@H]1[C@@H](O)C(C)(C)C(=O)N1c1ccc(C#N)c(Cl)c1. The van der Waals surface area contributed by atoms with Gasteiger partial charge in [-0.25, -0.2) is 0 Å². The van der Waals surface area contributed by atoms with Gasteiger partial charge in [0.25, 0.3) is 0 Å². The molecule has 1 amide bonds. The van der Waals surface area contributed by atoms with Crippen molar-refractivity contribution in [2.45, 2.75) is 39.8 Å². The molecule has 1 aliphatic heterocycles. The third-order valence-corrected chi connectivity index (χ3v) is 4.48. The number of amides is 1. The minimum Gasteiger partial charge on any atom is -0.390 e. The molecular formula is C16H19ClN2O2. The van der Waals surface area contributed by atoms with Gasteiger partial charge in [-0.2, -0.15) is 5.26 Å². The summed E-state index contributed by atoms with van der Waals surface area (Å²) in [4.78, 5) is 14.3. The van der Waals surface area contributed by atoms with Crippen LogP contribution in [0.3, 0.4) is 0 Å². The normalized spacial score (nSPS) is 24.5. The fourth-order valence-electron chi connectivity index (χ4n) is 2.84. The maximum Gasteiger partial charge on any atom is 0.235 e. The first-order valence-corrected chi connectivity index (χ1v) is 7.31. The zero-order valence-corrected chi connectivity index (χ0v) is 13.3. The maximum atomic E-state index is 12.7. The zero-order chi connectivity index (χ0) is 15.9. The average molecular weight is 307 g/mol. The number of aliphatic hydroxyl groups is 1. The molecule has 112 valence electrons. The lowest BCUT2D eigenvalue weighted by Gasteiger charge is -2.29.